The van der Waals surface area contributed by atoms with E-state index in [0.29, 0.717) is 12.7 Å². The van der Waals surface area contributed by atoms with Crippen LogP contribution < -0.4 is 0 Å². The summed E-state index contributed by atoms with van der Waals surface area (Å²) in [6, 6.07) is 0. The van der Waals surface area contributed by atoms with Gasteiger partial charge in [0, 0.05) is 0 Å². The third-order valence-corrected chi connectivity index (χ3v) is 1.81. The Labute approximate surface area is 80.2 Å². The molecule has 0 bridgehead atoms. The van der Waals surface area contributed by atoms with Crippen molar-refractivity contribution in [1.82, 2.24) is 0 Å². The summed E-state index contributed by atoms with van der Waals surface area (Å²) in [4.78, 5) is 0. The van der Waals surface area contributed by atoms with E-state index in [0.717, 1.165) is 19.4 Å². The molecule has 1 unspecified atom stereocenters. The quantitative estimate of drug-likeness (QED) is 0.261. The predicted molar refractivity (Wildman–Crippen MR) is 53.5 cm³/mol. The zero-order valence-corrected chi connectivity index (χ0v) is 8.24. The average Bonchev–Trinajstić information content (AvgIpc) is 2.93. The highest BCUT2D eigenvalue weighted by atomic mass is 16.6. The summed E-state index contributed by atoms with van der Waals surface area (Å²) >= 11 is 0. The molecule has 1 heterocycles. The van der Waals surface area contributed by atoms with Crippen molar-refractivity contribution in [1.29, 1.82) is 0 Å². The lowest BCUT2D eigenvalue weighted by Crippen LogP contribution is -1.83. The fourth-order valence-electron chi connectivity index (χ4n) is 0.934. The molecule has 1 fully saturated rings. The van der Waals surface area contributed by atoms with Gasteiger partial charge in [-0.1, -0.05) is 25.5 Å². The molecule has 0 amide bonds. The van der Waals surface area contributed by atoms with Gasteiger partial charge in [0.1, 0.15) is 6.61 Å². The highest BCUT2D eigenvalue weighted by molar-refractivity contribution is 4.88. The summed E-state index contributed by atoms with van der Waals surface area (Å²) in [5, 5.41) is 0. The smallest absolute Gasteiger partial charge is 0.105 e. The van der Waals surface area contributed by atoms with E-state index in [4.69, 9.17) is 9.47 Å². The van der Waals surface area contributed by atoms with Crippen LogP contribution in [0.3, 0.4) is 0 Å². The molecule has 1 aliphatic heterocycles. The van der Waals surface area contributed by atoms with Gasteiger partial charge in [0.2, 0.25) is 0 Å². The van der Waals surface area contributed by atoms with E-state index >= 15 is 0 Å². The van der Waals surface area contributed by atoms with Gasteiger partial charge in [-0.3, -0.25) is 0 Å². The zero-order valence-electron chi connectivity index (χ0n) is 8.24. The Morgan fingerprint density at radius 3 is 2.92 bits per heavy atom. The van der Waals surface area contributed by atoms with E-state index in [2.05, 4.69) is 19.1 Å². The topological polar surface area (TPSA) is 21.8 Å². The van der Waals surface area contributed by atoms with Crippen LogP contribution in [-0.2, 0) is 9.47 Å². The van der Waals surface area contributed by atoms with Gasteiger partial charge in [0.25, 0.3) is 0 Å². The van der Waals surface area contributed by atoms with Gasteiger partial charge in [-0.25, -0.2) is 0 Å². The van der Waals surface area contributed by atoms with Crippen LogP contribution in [0.4, 0.5) is 0 Å². The minimum Gasteiger partial charge on any atom is -0.497 e. The molecule has 2 heteroatoms. The summed E-state index contributed by atoms with van der Waals surface area (Å²) in [6.45, 7) is 3.76. The average molecular weight is 182 g/mol. The summed E-state index contributed by atoms with van der Waals surface area (Å²) in [6.07, 6.45) is 11.8. The molecule has 0 aromatic carbocycles. The van der Waals surface area contributed by atoms with Crippen LogP contribution in [0.2, 0.25) is 0 Å². The van der Waals surface area contributed by atoms with Crippen LogP contribution in [0, 0.1) is 0 Å². The Morgan fingerprint density at radius 2 is 2.23 bits per heavy atom. The van der Waals surface area contributed by atoms with E-state index in [1.165, 1.54) is 6.42 Å². The molecule has 0 aliphatic carbocycles. The van der Waals surface area contributed by atoms with Gasteiger partial charge < -0.3 is 9.47 Å². The fourth-order valence-corrected chi connectivity index (χ4v) is 0.934. The summed E-state index contributed by atoms with van der Waals surface area (Å²) in [7, 11) is 0. The molecule has 2 nitrogen and oxygen atoms in total. The first kappa shape index (κ1) is 10.3. The molecule has 1 saturated heterocycles. The SMILES string of the molecule is CCCC=COCC=CCC1CO1. The molecular weight excluding hydrogens is 164 g/mol. The lowest BCUT2D eigenvalue weighted by molar-refractivity contribution is 0.288. The molecule has 1 aliphatic rings. The molecule has 0 radical (unpaired) electrons. The minimum atomic E-state index is 0.492. The maximum atomic E-state index is 5.23. The van der Waals surface area contributed by atoms with E-state index in [9.17, 15) is 0 Å². The van der Waals surface area contributed by atoms with Crippen molar-refractivity contribution in [2.45, 2.75) is 32.3 Å². The molecule has 0 aromatic rings. The van der Waals surface area contributed by atoms with Gasteiger partial charge in [0.05, 0.1) is 19.0 Å². The van der Waals surface area contributed by atoms with Crippen LogP contribution >= 0.6 is 0 Å². The van der Waals surface area contributed by atoms with Crippen molar-refractivity contribution < 1.29 is 9.47 Å². The number of hydrogen-bond acceptors (Lipinski definition) is 2. The number of ether oxygens (including phenoxy) is 2. The Bertz CT molecular complexity index is 169. The number of epoxide rings is 1. The first-order valence-corrected chi connectivity index (χ1v) is 4.96. The molecule has 74 valence electrons. The molecule has 0 spiro atoms. The Balaban J connectivity index is 1.84. The van der Waals surface area contributed by atoms with Crippen molar-refractivity contribution in [3.05, 3.63) is 24.5 Å². The van der Waals surface area contributed by atoms with Crippen molar-refractivity contribution >= 4 is 0 Å². The maximum absolute atomic E-state index is 5.23. The van der Waals surface area contributed by atoms with Gasteiger partial charge in [0.15, 0.2) is 0 Å². The van der Waals surface area contributed by atoms with E-state index < -0.39 is 0 Å². The third-order valence-electron chi connectivity index (χ3n) is 1.81. The largest absolute Gasteiger partial charge is 0.497 e. The Kier molecular flexibility index (Phi) is 5.34. The Morgan fingerprint density at radius 1 is 1.38 bits per heavy atom. The summed E-state index contributed by atoms with van der Waals surface area (Å²) < 4.78 is 10.3. The van der Waals surface area contributed by atoms with Crippen molar-refractivity contribution in [2.75, 3.05) is 13.2 Å². The molecule has 0 saturated carbocycles. The fraction of sp³-hybridized carbons (Fsp3) is 0.636. The molecular formula is C11H18O2. The van der Waals surface area contributed by atoms with Gasteiger partial charge in [-0.05, 0) is 18.9 Å². The normalized spacial score (nSPS) is 21.5. The van der Waals surface area contributed by atoms with Gasteiger partial charge in [-0.15, -0.1) is 0 Å². The third kappa shape index (κ3) is 6.41. The van der Waals surface area contributed by atoms with Crippen LogP contribution in [-0.4, -0.2) is 19.3 Å². The van der Waals surface area contributed by atoms with Crippen LogP contribution in [0.1, 0.15) is 26.2 Å². The number of rotatable bonds is 7. The molecule has 0 N–H and O–H groups in total. The van der Waals surface area contributed by atoms with Crippen LogP contribution in [0.5, 0.6) is 0 Å². The van der Waals surface area contributed by atoms with Crippen molar-refractivity contribution in [2.24, 2.45) is 0 Å². The van der Waals surface area contributed by atoms with Crippen LogP contribution in [0.15, 0.2) is 24.5 Å². The number of hydrogen-bond donors (Lipinski definition) is 0. The lowest BCUT2D eigenvalue weighted by atomic mass is 10.3. The highest BCUT2D eigenvalue weighted by Crippen LogP contribution is 2.13. The first-order chi connectivity index (χ1) is 6.43. The minimum absolute atomic E-state index is 0.492. The standard InChI is InChI=1S/C11H18O2/c1-2-3-5-8-12-9-6-4-7-11-10-13-11/h4-6,8,11H,2-3,7,9-10H2,1H3. The maximum Gasteiger partial charge on any atom is 0.105 e. The summed E-state index contributed by atoms with van der Waals surface area (Å²) in [5.41, 5.74) is 0. The van der Waals surface area contributed by atoms with Gasteiger partial charge >= 0.3 is 0 Å². The summed E-state index contributed by atoms with van der Waals surface area (Å²) in [5.74, 6) is 0. The van der Waals surface area contributed by atoms with E-state index in [1.54, 1.807) is 6.26 Å². The van der Waals surface area contributed by atoms with E-state index in [-0.39, 0.29) is 0 Å². The van der Waals surface area contributed by atoms with Gasteiger partial charge in [-0.2, -0.15) is 0 Å². The highest BCUT2D eigenvalue weighted by Gasteiger charge is 2.19. The number of allylic oxidation sites excluding steroid dienone is 1. The second-order valence-electron chi connectivity index (χ2n) is 3.16. The lowest BCUT2D eigenvalue weighted by Gasteiger charge is -1.93. The predicted octanol–water partition coefficient (Wildman–Crippen LogP) is 2.66. The van der Waals surface area contributed by atoms with E-state index in [1.807, 2.05) is 6.08 Å². The monoisotopic (exact) mass is 182 g/mol. The number of unbranched alkanes of at least 4 members (excludes halogenated alkanes) is 1. The first-order valence-electron chi connectivity index (χ1n) is 4.96. The molecule has 0 aromatic heterocycles. The van der Waals surface area contributed by atoms with Crippen molar-refractivity contribution in [3.63, 3.8) is 0 Å². The van der Waals surface area contributed by atoms with Crippen molar-refractivity contribution in [3.8, 4) is 0 Å². The van der Waals surface area contributed by atoms with Crippen LogP contribution in [0.25, 0.3) is 0 Å². The second kappa shape index (κ2) is 6.72. The Hall–Kier alpha value is -0.760. The molecule has 1 atom stereocenters. The zero-order chi connectivity index (χ0) is 9.36. The molecule has 13 heavy (non-hydrogen) atoms. The molecule has 1 rings (SSSR count). The second-order valence-corrected chi connectivity index (χ2v) is 3.16.